The Morgan fingerprint density at radius 1 is 1.38 bits per heavy atom. The lowest BCUT2D eigenvalue weighted by Gasteiger charge is -1.86. The Labute approximate surface area is 50.4 Å². The summed E-state index contributed by atoms with van der Waals surface area (Å²) >= 11 is 0. The van der Waals surface area contributed by atoms with Crippen molar-refractivity contribution in [1.82, 2.24) is 0 Å². The second-order valence-electron chi connectivity index (χ2n) is 1.59. The molecule has 0 aromatic rings. The molecule has 1 nitrogen and oxygen atoms in total. The lowest BCUT2D eigenvalue weighted by molar-refractivity contribution is -0.105. The number of hydrogen-bond acceptors (Lipinski definition) is 1. The van der Waals surface area contributed by atoms with E-state index in [1.165, 1.54) is 0 Å². The minimum atomic E-state index is 0.836. The Kier molecular flexibility index (Phi) is 5.94. The van der Waals surface area contributed by atoms with Gasteiger partial charge in [0.25, 0.3) is 0 Å². The van der Waals surface area contributed by atoms with Gasteiger partial charge in [-0.2, -0.15) is 0 Å². The molecule has 1 radical (unpaired) electrons. The van der Waals surface area contributed by atoms with Gasteiger partial charge >= 0.3 is 0 Å². The van der Waals surface area contributed by atoms with Crippen LogP contribution in [0.3, 0.4) is 0 Å². The van der Waals surface area contributed by atoms with E-state index < -0.39 is 0 Å². The number of allylic oxidation sites excluding steroid dienone is 1. The Bertz CT molecular complexity index is 56.8. The zero-order chi connectivity index (χ0) is 6.24. The van der Waals surface area contributed by atoms with Crippen LogP contribution in [0.5, 0.6) is 0 Å². The molecule has 0 aliphatic carbocycles. The smallest absolute Gasteiger partial charge is 0.123 e. The highest BCUT2D eigenvalue weighted by molar-refractivity contribution is 5.60. The molecule has 0 aliphatic rings. The van der Waals surface area contributed by atoms with E-state index >= 15 is 0 Å². The van der Waals surface area contributed by atoms with Crippen LogP contribution in [0.25, 0.3) is 0 Å². The van der Waals surface area contributed by atoms with Crippen LogP contribution in [0.1, 0.15) is 19.3 Å². The molecule has 0 atom stereocenters. The van der Waals surface area contributed by atoms with Gasteiger partial charge in [-0.1, -0.05) is 6.08 Å². The fourth-order valence-corrected chi connectivity index (χ4v) is 0.448. The molecule has 0 amide bonds. The van der Waals surface area contributed by atoms with Crippen molar-refractivity contribution in [2.24, 2.45) is 0 Å². The lowest BCUT2D eigenvalue weighted by Crippen LogP contribution is -1.76. The molecule has 0 saturated carbocycles. The van der Waals surface area contributed by atoms with Crippen molar-refractivity contribution >= 4 is 6.29 Å². The number of carbonyl (C=O) groups excluding carboxylic acids is 1. The van der Waals surface area contributed by atoms with E-state index in [9.17, 15) is 4.79 Å². The van der Waals surface area contributed by atoms with Crippen molar-refractivity contribution in [2.45, 2.75) is 19.3 Å². The normalized spacial score (nSPS) is 8.50. The van der Waals surface area contributed by atoms with Crippen molar-refractivity contribution < 1.29 is 4.79 Å². The van der Waals surface area contributed by atoms with Crippen molar-refractivity contribution in [1.29, 1.82) is 0 Å². The second kappa shape index (κ2) is 6.41. The second-order valence-corrected chi connectivity index (χ2v) is 1.59. The lowest BCUT2D eigenvalue weighted by atomic mass is 10.2. The molecule has 0 aromatic carbocycles. The summed E-state index contributed by atoms with van der Waals surface area (Å²) in [4.78, 5) is 9.69. The van der Waals surface area contributed by atoms with Gasteiger partial charge in [-0.25, -0.2) is 0 Å². The summed E-state index contributed by atoms with van der Waals surface area (Å²) in [6, 6.07) is 0. The molecule has 0 spiro atoms. The molecule has 0 heterocycles. The largest absolute Gasteiger partial charge is 0.303 e. The van der Waals surface area contributed by atoms with Crippen molar-refractivity contribution in [3.8, 4) is 0 Å². The van der Waals surface area contributed by atoms with Crippen LogP contribution in [0.4, 0.5) is 0 Å². The molecule has 0 N–H and O–H groups in total. The van der Waals surface area contributed by atoms with E-state index in [1.807, 2.05) is 6.08 Å². The van der Waals surface area contributed by atoms with Gasteiger partial charge in [0.1, 0.15) is 6.29 Å². The average molecular weight is 111 g/mol. The first-order valence-corrected chi connectivity index (χ1v) is 2.79. The Morgan fingerprint density at radius 2 is 2.12 bits per heavy atom. The predicted octanol–water partition coefficient (Wildman–Crippen LogP) is 1.75. The molecular weight excluding hydrogens is 100 g/mol. The number of aldehydes is 1. The highest BCUT2D eigenvalue weighted by Gasteiger charge is 1.82. The summed E-state index contributed by atoms with van der Waals surface area (Å²) in [7, 11) is 0. The standard InChI is InChI=1S/C7H11O/c1-2-3-4-5-6-7-8/h2,6-7H,1,3-5H2. The first-order chi connectivity index (χ1) is 3.91. The molecule has 0 aliphatic heterocycles. The third kappa shape index (κ3) is 5.41. The van der Waals surface area contributed by atoms with E-state index in [0.717, 1.165) is 25.5 Å². The van der Waals surface area contributed by atoms with Gasteiger partial charge in [0.05, 0.1) is 0 Å². The quantitative estimate of drug-likeness (QED) is 0.300. The maximum Gasteiger partial charge on any atom is 0.123 e. The summed E-state index contributed by atoms with van der Waals surface area (Å²) < 4.78 is 0. The maximum absolute atomic E-state index is 9.69. The zero-order valence-electron chi connectivity index (χ0n) is 4.97. The average Bonchev–Trinajstić information content (AvgIpc) is 1.81. The highest BCUT2D eigenvalue weighted by atomic mass is 16.1. The number of hydrogen-bond donors (Lipinski definition) is 0. The summed E-state index contributed by atoms with van der Waals surface area (Å²) in [6.45, 7) is 3.56. The fraction of sp³-hybridized carbons (Fsp3) is 0.429. The van der Waals surface area contributed by atoms with E-state index in [2.05, 4.69) is 6.58 Å². The molecule has 0 rings (SSSR count). The van der Waals surface area contributed by atoms with E-state index in [4.69, 9.17) is 0 Å². The number of rotatable bonds is 5. The van der Waals surface area contributed by atoms with Crippen LogP contribution < -0.4 is 0 Å². The minimum Gasteiger partial charge on any atom is -0.303 e. The van der Waals surface area contributed by atoms with Gasteiger partial charge in [-0.15, -0.1) is 6.58 Å². The van der Waals surface area contributed by atoms with Gasteiger partial charge in [-0.05, 0) is 19.3 Å². The number of carbonyl (C=O) groups is 1. The molecule has 0 saturated heterocycles. The molecule has 1 heteroatoms. The van der Waals surface area contributed by atoms with Gasteiger partial charge < -0.3 is 4.79 Å². The summed E-state index contributed by atoms with van der Waals surface area (Å²) in [5.41, 5.74) is 0. The zero-order valence-corrected chi connectivity index (χ0v) is 4.97. The number of unbranched alkanes of at least 4 members (excludes halogenated alkanes) is 3. The summed E-state index contributed by atoms with van der Waals surface area (Å²) in [6.07, 6.45) is 7.26. The summed E-state index contributed by atoms with van der Waals surface area (Å²) in [5, 5.41) is 0. The van der Waals surface area contributed by atoms with E-state index in [0.29, 0.717) is 0 Å². The van der Waals surface area contributed by atoms with E-state index in [-0.39, 0.29) is 0 Å². The van der Waals surface area contributed by atoms with Gasteiger partial charge in [0, 0.05) is 6.42 Å². The van der Waals surface area contributed by atoms with E-state index in [1.54, 1.807) is 6.42 Å². The Balaban J connectivity index is 2.71. The monoisotopic (exact) mass is 111 g/mol. The van der Waals surface area contributed by atoms with Crippen LogP contribution >= 0.6 is 0 Å². The Hall–Kier alpha value is -0.590. The molecule has 8 heavy (non-hydrogen) atoms. The minimum absolute atomic E-state index is 0.836. The molecule has 0 unspecified atom stereocenters. The van der Waals surface area contributed by atoms with Crippen LogP contribution in [-0.4, -0.2) is 6.29 Å². The van der Waals surface area contributed by atoms with Crippen LogP contribution in [0, 0.1) is 6.42 Å². The Morgan fingerprint density at radius 3 is 2.62 bits per heavy atom. The first-order valence-electron chi connectivity index (χ1n) is 2.79. The highest BCUT2D eigenvalue weighted by Crippen LogP contribution is 1.95. The SMILES string of the molecule is C=CCCC[CH]C=O. The van der Waals surface area contributed by atoms with Crippen LogP contribution in [0.15, 0.2) is 12.7 Å². The summed E-state index contributed by atoms with van der Waals surface area (Å²) in [5.74, 6) is 0. The fourth-order valence-electron chi connectivity index (χ4n) is 0.448. The molecular formula is C7H11O. The van der Waals surface area contributed by atoms with Gasteiger partial charge in [-0.3, -0.25) is 0 Å². The maximum atomic E-state index is 9.69. The molecule has 45 valence electrons. The van der Waals surface area contributed by atoms with Gasteiger partial charge in [0.15, 0.2) is 0 Å². The molecule has 0 bridgehead atoms. The third-order valence-electron chi connectivity index (χ3n) is 0.875. The topological polar surface area (TPSA) is 17.1 Å². The van der Waals surface area contributed by atoms with Crippen LogP contribution in [0.2, 0.25) is 0 Å². The molecule has 0 aromatic heterocycles. The molecule has 0 fully saturated rings. The van der Waals surface area contributed by atoms with Gasteiger partial charge in [0.2, 0.25) is 0 Å². The van der Waals surface area contributed by atoms with Crippen molar-refractivity contribution in [3.05, 3.63) is 19.1 Å². The predicted molar refractivity (Wildman–Crippen MR) is 34.4 cm³/mol. The third-order valence-corrected chi connectivity index (χ3v) is 0.875. The van der Waals surface area contributed by atoms with Crippen molar-refractivity contribution in [3.63, 3.8) is 0 Å². The first kappa shape index (κ1) is 7.41. The van der Waals surface area contributed by atoms with Crippen molar-refractivity contribution in [2.75, 3.05) is 0 Å². The van der Waals surface area contributed by atoms with Crippen LogP contribution in [-0.2, 0) is 4.79 Å².